The average Bonchev–Trinajstić information content (AvgIpc) is 3.31. The lowest BCUT2D eigenvalue weighted by atomic mass is 10.0. The van der Waals surface area contributed by atoms with Crippen LogP contribution in [0, 0.1) is 0 Å². The van der Waals surface area contributed by atoms with E-state index in [0.717, 1.165) is 17.2 Å². The lowest BCUT2D eigenvalue weighted by Gasteiger charge is -2.38. The van der Waals surface area contributed by atoms with E-state index in [4.69, 9.17) is 10.2 Å². The van der Waals surface area contributed by atoms with Gasteiger partial charge < -0.3 is 20.4 Å². The van der Waals surface area contributed by atoms with Crippen LogP contribution in [0.2, 0.25) is 0 Å². The number of rotatable bonds is 6. The number of halogens is 5. The monoisotopic (exact) mass is 557 g/mol. The minimum absolute atomic E-state index is 0.0411. The van der Waals surface area contributed by atoms with Crippen LogP contribution in [0.3, 0.4) is 0 Å². The summed E-state index contributed by atoms with van der Waals surface area (Å²) in [6.45, 7) is -1.56. The number of aromatic nitrogens is 2. The molecule has 0 radical (unpaired) electrons. The number of amides is 2. The standard InChI is InChI=1S/C27H20F5N5O3/c28-26(29)13-37(14-26)25(39)16-3-4-21(34-11-16)17-7-18-8-19(40-24(18)20(9-17)27(30,31)32)12-36-23(38)6-2-15-1-5-22(33)35-10-15/h1-11H,12-14H2,(H2,33,35)(H,36,38). The van der Waals surface area contributed by atoms with E-state index in [2.05, 4.69) is 15.3 Å². The quantitative estimate of drug-likeness (QED) is 0.257. The first-order valence-corrected chi connectivity index (χ1v) is 11.8. The van der Waals surface area contributed by atoms with E-state index in [-0.39, 0.29) is 34.5 Å². The molecule has 206 valence electrons. The van der Waals surface area contributed by atoms with E-state index >= 15 is 0 Å². The Bertz CT molecular complexity index is 1600. The molecule has 0 spiro atoms. The Labute approximate surface area is 223 Å². The van der Waals surface area contributed by atoms with Crippen molar-refractivity contribution in [2.75, 3.05) is 18.8 Å². The van der Waals surface area contributed by atoms with Crippen molar-refractivity contribution in [3.63, 3.8) is 0 Å². The molecule has 0 aliphatic carbocycles. The molecule has 5 rings (SSSR count). The van der Waals surface area contributed by atoms with Gasteiger partial charge in [0, 0.05) is 29.4 Å². The maximum Gasteiger partial charge on any atom is 0.420 e. The van der Waals surface area contributed by atoms with Crippen LogP contribution in [-0.4, -0.2) is 45.7 Å². The van der Waals surface area contributed by atoms with Gasteiger partial charge in [-0.1, -0.05) is 0 Å². The first-order valence-electron chi connectivity index (χ1n) is 11.8. The number of nitrogens with two attached hydrogens (primary N) is 1. The zero-order valence-corrected chi connectivity index (χ0v) is 20.5. The summed E-state index contributed by atoms with van der Waals surface area (Å²) in [5.74, 6) is -3.65. The summed E-state index contributed by atoms with van der Waals surface area (Å²) in [5, 5.41) is 2.67. The van der Waals surface area contributed by atoms with Gasteiger partial charge in [0.2, 0.25) is 5.91 Å². The molecule has 1 aliphatic rings. The smallest absolute Gasteiger partial charge is 0.420 e. The predicted octanol–water partition coefficient (Wildman–Crippen LogP) is 4.91. The molecule has 13 heteroatoms. The van der Waals surface area contributed by atoms with E-state index in [0.29, 0.717) is 11.4 Å². The second-order valence-corrected chi connectivity index (χ2v) is 9.17. The molecule has 0 unspecified atom stereocenters. The summed E-state index contributed by atoms with van der Waals surface area (Å²) < 4.78 is 73.3. The molecule has 3 N–H and O–H groups in total. The molecule has 0 atom stereocenters. The van der Waals surface area contributed by atoms with Gasteiger partial charge in [-0.15, -0.1) is 0 Å². The van der Waals surface area contributed by atoms with Crippen LogP contribution in [0.4, 0.5) is 27.8 Å². The van der Waals surface area contributed by atoms with Gasteiger partial charge in [0.05, 0.1) is 36.5 Å². The van der Waals surface area contributed by atoms with Crippen molar-refractivity contribution in [1.82, 2.24) is 20.2 Å². The molecule has 0 bridgehead atoms. The fraction of sp³-hybridized carbons (Fsp3) is 0.185. The summed E-state index contributed by atoms with van der Waals surface area (Å²) in [5.41, 5.74) is 4.97. The highest BCUT2D eigenvalue weighted by Crippen LogP contribution is 2.39. The fourth-order valence-corrected chi connectivity index (χ4v) is 4.10. The average molecular weight is 557 g/mol. The molecular formula is C27H20F5N5O3. The van der Waals surface area contributed by atoms with E-state index < -0.39 is 48.1 Å². The van der Waals surface area contributed by atoms with Crippen molar-refractivity contribution >= 4 is 34.7 Å². The number of furan rings is 1. The summed E-state index contributed by atoms with van der Waals surface area (Å²) in [7, 11) is 0. The molecule has 1 aromatic carbocycles. The van der Waals surface area contributed by atoms with Gasteiger partial charge in [0.25, 0.3) is 11.8 Å². The third-order valence-electron chi connectivity index (χ3n) is 6.08. The summed E-state index contributed by atoms with van der Waals surface area (Å²) in [6, 6.07) is 9.59. The Morgan fingerprint density at radius 2 is 1.85 bits per heavy atom. The molecule has 40 heavy (non-hydrogen) atoms. The molecule has 0 saturated carbocycles. The topological polar surface area (TPSA) is 114 Å². The number of hydrogen-bond donors (Lipinski definition) is 2. The van der Waals surface area contributed by atoms with Crippen LogP contribution in [-0.2, 0) is 17.5 Å². The number of hydrogen-bond acceptors (Lipinski definition) is 6. The molecule has 1 fully saturated rings. The number of benzene rings is 1. The van der Waals surface area contributed by atoms with Gasteiger partial charge in [-0.3, -0.25) is 14.6 Å². The number of pyridine rings is 2. The first kappa shape index (κ1) is 26.8. The molecule has 3 aromatic heterocycles. The number of likely N-dealkylation sites (tertiary alicyclic amines) is 1. The van der Waals surface area contributed by atoms with Crippen molar-refractivity contribution in [3.05, 3.63) is 83.4 Å². The largest absolute Gasteiger partial charge is 0.459 e. The van der Waals surface area contributed by atoms with Gasteiger partial charge in [0.1, 0.15) is 17.2 Å². The number of fused-ring (bicyclic) bond motifs is 1. The lowest BCUT2D eigenvalue weighted by molar-refractivity contribution is -0.136. The van der Waals surface area contributed by atoms with Gasteiger partial charge in [-0.25, -0.2) is 13.8 Å². The Morgan fingerprint density at radius 1 is 1.07 bits per heavy atom. The Kier molecular flexibility index (Phi) is 6.74. The predicted molar refractivity (Wildman–Crippen MR) is 135 cm³/mol. The van der Waals surface area contributed by atoms with E-state index in [1.165, 1.54) is 42.6 Å². The van der Waals surface area contributed by atoms with Crippen molar-refractivity contribution in [2.24, 2.45) is 0 Å². The normalized spacial score (nSPS) is 14.9. The van der Waals surface area contributed by atoms with Crippen LogP contribution >= 0.6 is 0 Å². The lowest BCUT2D eigenvalue weighted by Crippen LogP contribution is -2.58. The van der Waals surface area contributed by atoms with Crippen molar-refractivity contribution in [1.29, 1.82) is 0 Å². The second kappa shape index (κ2) is 10.1. The first-order chi connectivity index (χ1) is 18.9. The number of nitrogens with one attached hydrogen (secondary N) is 1. The zero-order chi connectivity index (χ0) is 28.7. The molecule has 8 nitrogen and oxygen atoms in total. The molecule has 1 saturated heterocycles. The van der Waals surface area contributed by atoms with E-state index in [1.54, 1.807) is 12.1 Å². The van der Waals surface area contributed by atoms with E-state index in [9.17, 15) is 31.5 Å². The number of nitrogens with zero attached hydrogens (tertiary/aromatic N) is 3. The Hall–Kier alpha value is -4.81. The highest BCUT2D eigenvalue weighted by atomic mass is 19.4. The molecule has 1 aliphatic heterocycles. The Balaban J connectivity index is 1.34. The van der Waals surface area contributed by atoms with Crippen LogP contribution < -0.4 is 11.1 Å². The number of alkyl halides is 5. The minimum atomic E-state index is -4.76. The number of carbonyl (C=O) groups excluding carboxylic acids is 2. The SMILES string of the molecule is Nc1ccc(C=CC(=O)NCc2cc3cc(-c4ccc(C(=O)N5CC(F)(F)C5)cn4)cc(C(F)(F)F)c3o2)cn1. The number of anilines is 1. The molecule has 4 aromatic rings. The van der Waals surface area contributed by atoms with Gasteiger partial charge in [-0.2, -0.15) is 13.2 Å². The second-order valence-electron chi connectivity index (χ2n) is 9.17. The van der Waals surface area contributed by atoms with Gasteiger partial charge in [-0.05, 0) is 54.1 Å². The number of nitrogen functional groups attached to an aromatic ring is 1. The van der Waals surface area contributed by atoms with Gasteiger partial charge in [0.15, 0.2) is 0 Å². The molecule has 2 amide bonds. The third-order valence-corrected chi connectivity index (χ3v) is 6.08. The molecule has 4 heterocycles. The van der Waals surface area contributed by atoms with Gasteiger partial charge >= 0.3 is 6.18 Å². The third kappa shape index (κ3) is 5.77. The van der Waals surface area contributed by atoms with Crippen molar-refractivity contribution < 1.29 is 36.0 Å². The van der Waals surface area contributed by atoms with Crippen LogP contribution in [0.15, 0.2) is 65.4 Å². The summed E-state index contributed by atoms with van der Waals surface area (Å²) in [6.07, 6.45) is 0.585. The van der Waals surface area contributed by atoms with Crippen LogP contribution in [0.5, 0.6) is 0 Å². The van der Waals surface area contributed by atoms with Crippen LogP contribution in [0.1, 0.15) is 27.2 Å². The Morgan fingerprint density at radius 3 is 2.48 bits per heavy atom. The minimum Gasteiger partial charge on any atom is -0.459 e. The van der Waals surface area contributed by atoms with Crippen LogP contribution in [0.25, 0.3) is 28.3 Å². The highest BCUT2D eigenvalue weighted by molar-refractivity contribution is 5.95. The molecular weight excluding hydrogens is 537 g/mol. The fourth-order valence-electron chi connectivity index (χ4n) is 4.10. The maximum absolute atomic E-state index is 13.9. The van der Waals surface area contributed by atoms with E-state index in [1.807, 2.05) is 0 Å². The zero-order valence-electron chi connectivity index (χ0n) is 20.5. The van der Waals surface area contributed by atoms with Crippen molar-refractivity contribution in [3.8, 4) is 11.3 Å². The highest BCUT2D eigenvalue weighted by Gasteiger charge is 2.46. The number of carbonyl (C=O) groups is 2. The maximum atomic E-state index is 13.9. The summed E-state index contributed by atoms with van der Waals surface area (Å²) >= 11 is 0. The van der Waals surface area contributed by atoms with Crippen molar-refractivity contribution in [2.45, 2.75) is 18.6 Å². The summed E-state index contributed by atoms with van der Waals surface area (Å²) in [4.78, 5) is 33.4.